The van der Waals surface area contributed by atoms with Crippen LogP contribution in [-0.2, 0) is 27.2 Å². The van der Waals surface area contributed by atoms with Gasteiger partial charge in [-0.05, 0) is 41.8 Å². The number of hydrogen-bond donors (Lipinski definition) is 1. The first-order valence-electron chi connectivity index (χ1n) is 9.59. The second-order valence-corrected chi connectivity index (χ2v) is 6.76. The summed E-state index contributed by atoms with van der Waals surface area (Å²) in [7, 11) is 0. The van der Waals surface area contributed by atoms with E-state index in [0.29, 0.717) is 11.3 Å². The summed E-state index contributed by atoms with van der Waals surface area (Å²) in [4.78, 5) is 26.5. The summed E-state index contributed by atoms with van der Waals surface area (Å²) >= 11 is 0. The van der Waals surface area contributed by atoms with Crippen LogP contribution in [0.5, 0.6) is 0 Å². The second-order valence-electron chi connectivity index (χ2n) is 6.76. The zero-order valence-corrected chi connectivity index (χ0v) is 16.1. The maximum Gasteiger partial charge on any atom is 0.338 e. The molecule has 6 nitrogen and oxygen atoms in total. The van der Waals surface area contributed by atoms with Gasteiger partial charge in [0.05, 0.1) is 18.8 Å². The summed E-state index contributed by atoms with van der Waals surface area (Å²) in [5, 5.41) is 2.75. The molecule has 1 aliphatic heterocycles. The van der Waals surface area contributed by atoms with Crippen LogP contribution in [0.4, 0.5) is 5.69 Å². The molecule has 3 rings (SSSR count). The first-order valence-corrected chi connectivity index (χ1v) is 9.59. The van der Waals surface area contributed by atoms with Crippen molar-refractivity contribution >= 4 is 17.6 Å². The van der Waals surface area contributed by atoms with Crippen molar-refractivity contribution in [2.45, 2.75) is 19.9 Å². The monoisotopic (exact) mass is 382 g/mol. The molecule has 1 fully saturated rings. The molecule has 6 heteroatoms. The van der Waals surface area contributed by atoms with Gasteiger partial charge in [-0.1, -0.05) is 31.2 Å². The number of benzene rings is 2. The van der Waals surface area contributed by atoms with Crippen LogP contribution in [-0.4, -0.2) is 49.7 Å². The molecule has 0 spiro atoms. The van der Waals surface area contributed by atoms with E-state index in [0.717, 1.165) is 50.4 Å². The largest absolute Gasteiger partial charge is 0.452 e. The highest BCUT2D eigenvalue weighted by atomic mass is 16.5. The van der Waals surface area contributed by atoms with Crippen LogP contribution in [0.2, 0.25) is 0 Å². The Morgan fingerprint density at radius 2 is 1.82 bits per heavy atom. The number of carbonyl (C=O) groups is 2. The summed E-state index contributed by atoms with van der Waals surface area (Å²) < 4.78 is 10.5. The molecular formula is C22H26N2O4. The molecule has 148 valence electrons. The van der Waals surface area contributed by atoms with Gasteiger partial charge in [0, 0.05) is 25.3 Å². The third-order valence-corrected chi connectivity index (χ3v) is 4.65. The van der Waals surface area contributed by atoms with E-state index in [4.69, 9.17) is 9.47 Å². The van der Waals surface area contributed by atoms with Gasteiger partial charge in [0.25, 0.3) is 5.91 Å². The average Bonchev–Trinajstić information content (AvgIpc) is 2.73. The predicted octanol–water partition coefficient (Wildman–Crippen LogP) is 2.88. The van der Waals surface area contributed by atoms with E-state index in [2.05, 4.69) is 17.1 Å². The highest BCUT2D eigenvalue weighted by Crippen LogP contribution is 2.12. The van der Waals surface area contributed by atoms with E-state index >= 15 is 0 Å². The molecule has 28 heavy (non-hydrogen) atoms. The minimum Gasteiger partial charge on any atom is -0.452 e. The van der Waals surface area contributed by atoms with Gasteiger partial charge in [-0.3, -0.25) is 9.69 Å². The molecule has 2 aromatic rings. The first-order chi connectivity index (χ1) is 13.6. The van der Waals surface area contributed by atoms with Gasteiger partial charge < -0.3 is 14.8 Å². The number of rotatable bonds is 7. The van der Waals surface area contributed by atoms with Crippen LogP contribution < -0.4 is 5.32 Å². The minimum absolute atomic E-state index is 0.315. The summed E-state index contributed by atoms with van der Waals surface area (Å²) in [6.07, 6.45) is 0.889. The maximum atomic E-state index is 12.2. The normalized spacial score (nSPS) is 14.5. The van der Waals surface area contributed by atoms with Gasteiger partial charge in [-0.2, -0.15) is 0 Å². The third kappa shape index (κ3) is 5.90. The van der Waals surface area contributed by atoms with Crippen molar-refractivity contribution in [3.63, 3.8) is 0 Å². The number of carbonyl (C=O) groups excluding carboxylic acids is 2. The lowest BCUT2D eigenvalue weighted by Crippen LogP contribution is -2.35. The molecule has 1 N–H and O–H groups in total. The average molecular weight is 382 g/mol. The fourth-order valence-corrected chi connectivity index (χ4v) is 3.04. The van der Waals surface area contributed by atoms with Gasteiger partial charge >= 0.3 is 5.97 Å². The molecule has 0 unspecified atom stereocenters. The standard InChI is InChI=1S/C22H26N2O4/c1-2-17-4-3-5-20(14-17)23-21(25)16-28-22(26)19-8-6-18(7-9-19)15-24-10-12-27-13-11-24/h3-9,14H,2,10-13,15-16H2,1H3,(H,23,25). The SMILES string of the molecule is CCc1cccc(NC(=O)COC(=O)c2ccc(CN3CCOCC3)cc2)c1. The Bertz CT molecular complexity index is 798. The molecule has 0 aliphatic carbocycles. The Morgan fingerprint density at radius 1 is 1.07 bits per heavy atom. The van der Waals surface area contributed by atoms with Crippen LogP contribution in [0.25, 0.3) is 0 Å². The fraction of sp³-hybridized carbons (Fsp3) is 0.364. The number of anilines is 1. The highest BCUT2D eigenvalue weighted by Gasteiger charge is 2.13. The van der Waals surface area contributed by atoms with E-state index in [9.17, 15) is 9.59 Å². The summed E-state index contributed by atoms with van der Waals surface area (Å²) in [6.45, 7) is 5.92. The number of nitrogens with one attached hydrogen (secondary N) is 1. The molecule has 1 amide bonds. The van der Waals surface area contributed by atoms with E-state index in [-0.39, 0.29) is 12.5 Å². The second kappa shape index (κ2) is 10.0. The summed E-state index contributed by atoms with van der Waals surface area (Å²) in [6, 6.07) is 14.9. The molecule has 1 saturated heterocycles. The van der Waals surface area contributed by atoms with Gasteiger partial charge in [-0.25, -0.2) is 4.79 Å². The molecule has 0 saturated carbocycles. The number of ether oxygens (including phenoxy) is 2. The molecule has 0 radical (unpaired) electrons. The van der Waals surface area contributed by atoms with Crippen molar-refractivity contribution < 1.29 is 19.1 Å². The van der Waals surface area contributed by atoms with Gasteiger partial charge in [0.2, 0.25) is 0 Å². The van der Waals surface area contributed by atoms with E-state index in [1.165, 1.54) is 0 Å². The summed E-state index contributed by atoms with van der Waals surface area (Å²) in [5.74, 6) is -0.860. The lowest BCUT2D eigenvalue weighted by molar-refractivity contribution is -0.119. The number of amides is 1. The van der Waals surface area contributed by atoms with Crippen molar-refractivity contribution in [1.29, 1.82) is 0 Å². The van der Waals surface area contributed by atoms with E-state index in [1.807, 2.05) is 36.4 Å². The summed E-state index contributed by atoms with van der Waals surface area (Å²) in [5.41, 5.74) is 3.40. The van der Waals surface area contributed by atoms with Gasteiger partial charge in [0.15, 0.2) is 6.61 Å². The number of morpholine rings is 1. The molecular weight excluding hydrogens is 356 g/mol. The van der Waals surface area contributed by atoms with Crippen molar-refractivity contribution in [1.82, 2.24) is 4.90 Å². The van der Waals surface area contributed by atoms with Crippen LogP contribution in [0.3, 0.4) is 0 Å². The van der Waals surface area contributed by atoms with Crippen molar-refractivity contribution in [2.24, 2.45) is 0 Å². The van der Waals surface area contributed by atoms with Crippen LogP contribution >= 0.6 is 0 Å². The third-order valence-electron chi connectivity index (χ3n) is 4.65. The Balaban J connectivity index is 1.46. The van der Waals surface area contributed by atoms with Crippen molar-refractivity contribution in [2.75, 3.05) is 38.2 Å². The highest BCUT2D eigenvalue weighted by molar-refractivity contribution is 5.95. The topological polar surface area (TPSA) is 67.9 Å². The molecule has 0 atom stereocenters. The van der Waals surface area contributed by atoms with Gasteiger partial charge in [0.1, 0.15) is 0 Å². The van der Waals surface area contributed by atoms with Gasteiger partial charge in [-0.15, -0.1) is 0 Å². The lowest BCUT2D eigenvalue weighted by Gasteiger charge is -2.26. The van der Waals surface area contributed by atoms with Crippen LogP contribution in [0, 0.1) is 0 Å². The van der Waals surface area contributed by atoms with Crippen molar-refractivity contribution in [3.05, 3.63) is 65.2 Å². The Kier molecular flexibility index (Phi) is 7.17. The Morgan fingerprint density at radius 3 is 2.54 bits per heavy atom. The first kappa shape index (κ1) is 20.0. The van der Waals surface area contributed by atoms with Crippen LogP contribution in [0.15, 0.2) is 48.5 Å². The zero-order chi connectivity index (χ0) is 19.8. The number of aryl methyl sites for hydroxylation is 1. The van der Waals surface area contributed by atoms with Crippen molar-refractivity contribution in [3.8, 4) is 0 Å². The fourth-order valence-electron chi connectivity index (χ4n) is 3.04. The number of hydrogen-bond acceptors (Lipinski definition) is 5. The smallest absolute Gasteiger partial charge is 0.338 e. The molecule has 2 aromatic carbocycles. The van der Waals surface area contributed by atoms with E-state index < -0.39 is 5.97 Å². The molecule has 0 bridgehead atoms. The molecule has 0 aromatic heterocycles. The number of esters is 1. The van der Waals surface area contributed by atoms with Crippen LogP contribution in [0.1, 0.15) is 28.4 Å². The molecule has 1 heterocycles. The number of nitrogens with zero attached hydrogens (tertiary/aromatic N) is 1. The minimum atomic E-state index is -0.504. The molecule has 1 aliphatic rings. The zero-order valence-electron chi connectivity index (χ0n) is 16.1. The maximum absolute atomic E-state index is 12.2. The Hall–Kier alpha value is -2.70. The lowest BCUT2D eigenvalue weighted by atomic mass is 10.1. The van der Waals surface area contributed by atoms with E-state index in [1.54, 1.807) is 12.1 Å². The predicted molar refractivity (Wildman–Crippen MR) is 107 cm³/mol. The quantitative estimate of drug-likeness (QED) is 0.746. The Labute approximate surface area is 165 Å².